The molecule has 0 aliphatic carbocycles. The van der Waals surface area contributed by atoms with E-state index in [1.54, 1.807) is 29.3 Å². The molecule has 1 saturated heterocycles. The van der Waals surface area contributed by atoms with Gasteiger partial charge in [-0.3, -0.25) is 9.78 Å². The fourth-order valence-corrected chi connectivity index (χ4v) is 2.37. The van der Waals surface area contributed by atoms with Crippen LogP contribution in [-0.4, -0.2) is 33.6 Å². The number of nitrogens with zero attached hydrogens (tertiary/aromatic N) is 3. The number of carbonyl (C=O) groups excluding carboxylic acids is 1. The Morgan fingerprint density at radius 1 is 1.39 bits per heavy atom. The summed E-state index contributed by atoms with van der Waals surface area (Å²) < 4.78 is 6.99. The molecule has 18 heavy (non-hydrogen) atoms. The zero-order chi connectivity index (χ0) is 12.4. The number of ketones is 1. The van der Waals surface area contributed by atoms with Crippen LogP contribution >= 0.6 is 0 Å². The minimum absolute atomic E-state index is 0.157. The Balaban J connectivity index is 1.79. The van der Waals surface area contributed by atoms with E-state index in [0.717, 1.165) is 31.6 Å². The number of fused-ring (bicyclic) bond motifs is 1. The molecule has 3 heterocycles. The fraction of sp³-hybridized carbons (Fsp3) is 0.462. The highest BCUT2D eigenvalue weighted by molar-refractivity contribution is 6.02. The molecule has 5 heteroatoms. The first-order valence-electron chi connectivity index (χ1n) is 6.23. The first-order chi connectivity index (χ1) is 8.84. The van der Waals surface area contributed by atoms with Crippen LogP contribution in [0.4, 0.5) is 0 Å². The van der Waals surface area contributed by atoms with Gasteiger partial charge in [0.05, 0.1) is 23.5 Å². The number of hydrogen-bond acceptors (Lipinski definition) is 4. The minimum atomic E-state index is 0.157. The molecule has 0 unspecified atom stereocenters. The summed E-state index contributed by atoms with van der Waals surface area (Å²) >= 11 is 0. The Labute approximate surface area is 105 Å². The van der Waals surface area contributed by atoms with Gasteiger partial charge in [0.2, 0.25) is 0 Å². The van der Waals surface area contributed by atoms with Crippen molar-refractivity contribution in [2.45, 2.75) is 19.3 Å². The lowest BCUT2D eigenvalue weighted by Crippen LogP contribution is -2.18. The number of ether oxygens (including phenoxy) is 1. The van der Waals surface area contributed by atoms with E-state index in [1.165, 1.54) is 0 Å². The largest absolute Gasteiger partial charge is 0.381 e. The van der Waals surface area contributed by atoms with E-state index < -0.39 is 0 Å². The number of carbonyl (C=O) groups is 1. The first kappa shape index (κ1) is 11.3. The smallest absolute Gasteiger partial charge is 0.167 e. The quantitative estimate of drug-likeness (QED) is 0.773. The zero-order valence-electron chi connectivity index (χ0n) is 10.1. The van der Waals surface area contributed by atoms with Crippen LogP contribution in [0.3, 0.4) is 0 Å². The van der Waals surface area contributed by atoms with Gasteiger partial charge in [-0.15, -0.1) is 0 Å². The second-order valence-corrected chi connectivity index (χ2v) is 4.65. The van der Waals surface area contributed by atoms with Crippen molar-refractivity contribution in [3.05, 3.63) is 30.4 Å². The van der Waals surface area contributed by atoms with Crippen molar-refractivity contribution >= 4 is 11.3 Å². The average Bonchev–Trinajstić information content (AvgIpc) is 2.84. The van der Waals surface area contributed by atoms with Crippen LogP contribution in [0.1, 0.15) is 29.6 Å². The highest BCUT2D eigenvalue weighted by atomic mass is 16.5. The molecule has 0 bridgehead atoms. The monoisotopic (exact) mass is 245 g/mol. The number of aromatic nitrogens is 3. The SMILES string of the molecule is O=C(CC1CCOCC1)c1cnn2ccncc12. The molecule has 0 aromatic carbocycles. The maximum absolute atomic E-state index is 12.3. The van der Waals surface area contributed by atoms with E-state index in [-0.39, 0.29) is 5.78 Å². The maximum atomic E-state index is 12.3. The van der Waals surface area contributed by atoms with Crippen LogP contribution < -0.4 is 0 Å². The second-order valence-electron chi connectivity index (χ2n) is 4.65. The molecule has 94 valence electrons. The van der Waals surface area contributed by atoms with E-state index in [4.69, 9.17) is 4.74 Å². The highest BCUT2D eigenvalue weighted by Crippen LogP contribution is 2.22. The molecule has 3 rings (SSSR count). The van der Waals surface area contributed by atoms with Crippen LogP contribution in [0.2, 0.25) is 0 Å². The van der Waals surface area contributed by atoms with Gasteiger partial charge in [-0.05, 0) is 18.8 Å². The molecule has 1 fully saturated rings. The predicted octanol–water partition coefficient (Wildman–Crippen LogP) is 1.73. The summed E-state index contributed by atoms with van der Waals surface area (Å²) in [5.74, 6) is 0.600. The van der Waals surface area contributed by atoms with Crippen molar-refractivity contribution in [2.24, 2.45) is 5.92 Å². The summed E-state index contributed by atoms with van der Waals surface area (Å²) in [4.78, 5) is 16.3. The molecule has 1 aliphatic rings. The second kappa shape index (κ2) is 4.86. The minimum Gasteiger partial charge on any atom is -0.381 e. The summed E-state index contributed by atoms with van der Waals surface area (Å²) in [6.07, 6.45) is 9.27. The van der Waals surface area contributed by atoms with Crippen LogP contribution in [-0.2, 0) is 4.74 Å². The molecule has 2 aromatic heterocycles. The van der Waals surface area contributed by atoms with Crippen molar-refractivity contribution in [3.63, 3.8) is 0 Å². The van der Waals surface area contributed by atoms with Crippen LogP contribution in [0.15, 0.2) is 24.8 Å². The topological polar surface area (TPSA) is 56.5 Å². The van der Waals surface area contributed by atoms with Gasteiger partial charge in [-0.1, -0.05) is 0 Å². The Hall–Kier alpha value is -1.75. The number of rotatable bonds is 3. The normalized spacial score (nSPS) is 17.1. The van der Waals surface area contributed by atoms with Gasteiger partial charge < -0.3 is 4.74 Å². The Bertz CT molecular complexity index is 558. The van der Waals surface area contributed by atoms with Crippen LogP contribution in [0, 0.1) is 5.92 Å². The van der Waals surface area contributed by atoms with Gasteiger partial charge in [0.15, 0.2) is 5.78 Å². The zero-order valence-corrected chi connectivity index (χ0v) is 10.1. The molecule has 5 nitrogen and oxygen atoms in total. The molecule has 2 aromatic rings. The van der Waals surface area contributed by atoms with E-state index in [0.29, 0.717) is 17.9 Å². The molecule has 0 spiro atoms. The van der Waals surface area contributed by atoms with E-state index >= 15 is 0 Å². The summed E-state index contributed by atoms with van der Waals surface area (Å²) in [5, 5.41) is 4.16. The third-order valence-electron chi connectivity index (χ3n) is 3.44. The van der Waals surface area contributed by atoms with Crippen molar-refractivity contribution in [2.75, 3.05) is 13.2 Å². The van der Waals surface area contributed by atoms with Gasteiger partial charge in [-0.25, -0.2) is 4.52 Å². The molecular weight excluding hydrogens is 230 g/mol. The van der Waals surface area contributed by atoms with Gasteiger partial charge in [0.1, 0.15) is 0 Å². The maximum Gasteiger partial charge on any atom is 0.167 e. The lowest BCUT2D eigenvalue weighted by atomic mass is 9.92. The molecule has 0 amide bonds. The van der Waals surface area contributed by atoms with Gasteiger partial charge in [-0.2, -0.15) is 5.10 Å². The van der Waals surface area contributed by atoms with Crippen LogP contribution in [0.25, 0.3) is 5.52 Å². The summed E-state index contributed by atoms with van der Waals surface area (Å²) in [7, 11) is 0. The Morgan fingerprint density at radius 2 is 2.22 bits per heavy atom. The predicted molar refractivity (Wildman–Crippen MR) is 65.5 cm³/mol. The van der Waals surface area contributed by atoms with Gasteiger partial charge in [0.25, 0.3) is 0 Å². The average molecular weight is 245 g/mol. The molecule has 0 atom stereocenters. The molecule has 1 aliphatic heterocycles. The van der Waals surface area contributed by atoms with Gasteiger partial charge in [0, 0.05) is 32.0 Å². The highest BCUT2D eigenvalue weighted by Gasteiger charge is 2.20. The van der Waals surface area contributed by atoms with Crippen molar-refractivity contribution in [1.29, 1.82) is 0 Å². The van der Waals surface area contributed by atoms with Crippen LogP contribution in [0.5, 0.6) is 0 Å². The van der Waals surface area contributed by atoms with E-state index in [1.807, 2.05) is 0 Å². The standard InChI is InChI=1S/C13H15N3O2/c17-13(7-10-1-5-18-6-2-10)11-8-15-16-4-3-14-9-12(11)16/h3-4,8-10H,1-2,5-7H2. The van der Waals surface area contributed by atoms with Crippen molar-refractivity contribution in [3.8, 4) is 0 Å². The summed E-state index contributed by atoms with van der Waals surface area (Å²) in [6.45, 7) is 1.54. The lowest BCUT2D eigenvalue weighted by Gasteiger charge is -2.20. The summed E-state index contributed by atoms with van der Waals surface area (Å²) in [5.41, 5.74) is 1.46. The Kier molecular flexibility index (Phi) is 3.06. The third kappa shape index (κ3) is 2.13. The lowest BCUT2D eigenvalue weighted by molar-refractivity contribution is 0.0601. The third-order valence-corrected chi connectivity index (χ3v) is 3.44. The molecule has 0 saturated carbocycles. The number of hydrogen-bond donors (Lipinski definition) is 0. The molecule has 0 N–H and O–H groups in total. The van der Waals surface area contributed by atoms with Crippen molar-refractivity contribution < 1.29 is 9.53 Å². The van der Waals surface area contributed by atoms with Crippen molar-refractivity contribution in [1.82, 2.24) is 14.6 Å². The molecule has 0 radical (unpaired) electrons. The Morgan fingerprint density at radius 3 is 3.06 bits per heavy atom. The first-order valence-corrected chi connectivity index (χ1v) is 6.23. The van der Waals surface area contributed by atoms with E-state index in [2.05, 4.69) is 10.1 Å². The molecular formula is C13H15N3O2. The van der Waals surface area contributed by atoms with Gasteiger partial charge >= 0.3 is 0 Å². The number of Topliss-reactive ketones (excluding diaryl/α,β-unsaturated/α-hetero) is 1. The van der Waals surface area contributed by atoms with E-state index in [9.17, 15) is 4.79 Å². The summed E-state index contributed by atoms with van der Waals surface area (Å²) in [6, 6.07) is 0. The fourth-order valence-electron chi connectivity index (χ4n) is 2.37.